The van der Waals surface area contributed by atoms with Gasteiger partial charge in [-0.25, -0.2) is 8.78 Å². The Balaban J connectivity index is 2.49. The molecule has 0 radical (unpaired) electrons. The van der Waals surface area contributed by atoms with Crippen molar-refractivity contribution in [3.05, 3.63) is 35.4 Å². The van der Waals surface area contributed by atoms with Crippen LogP contribution in [-0.4, -0.2) is 19.0 Å². The molecule has 0 bridgehead atoms. The molecule has 3 nitrogen and oxygen atoms in total. The fraction of sp³-hybridized carbons (Fsp3) is 0.462. The molecule has 0 aromatic heterocycles. The van der Waals surface area contributed by atoms with Gasteiger partial charge in [-0.1, -0.05) is 6.92 Å². The Bertz CT molecular complexity index is 390. The Hall–Kier alpha value is -1.49. The minimum Gasteiger partial charge on any atom is -0.355 e. The molecule has 0 aliphatic carbocycles. The Morgan fingerprint density at radius 3 is 2.44 bits per heavy atom. The Morgan fingerprint density at radius 1 is 1.28 bits per heavy atom. The molecule has 0 aliphatic heterocycles. The van der Waals surface area contributed by atoms with Gasteiger partial charge >= 0.3 is 0 Å². The predicted octanol–water partition coefficient (Wildman–Crippen LogP) is 2.14. The number of nitrogens with one attached hydrogen (secondary N) is 2. The van der Waals surface area contributed by atoms with Crippen molar-refractivity contribution in [1.29, 1.82) is 0 Å². The highest BCUT2D eigenvalue weighted by Gasteiger charge is 2.09. The van der Waals surface area contributed by atoms with E-state index in [0.29, 0.717) is 12.1 Å². The molecule has 1 unspecified atom stereocenters. The fourth-order valence-electron chi connectivity index (χ4n) is 1.52. The van der Waals surface area contributed by atoms with Gasteiger partial charge in [0.15, 0.2) is 0 Å². The van der Waals surface area contributed by atoms with Crippen molar-refractivity contribution in [2.45, 2.75) is 26.3 Å². The molecule has 0 spiro atoms. The lowest BCUT2D eigenvalue weighted by atomic mass is 10.1. The lowest BCUT2D eigenvalue weighted by Crippen LogP contribution is -2.35. The lowest BCUT2D eigenvalue weighted by molar-refractivity contribution is -0.120. The maximum absolute atomic E-state index is 13.0. The van der Waals surface area contributed by atoms with Gasteiger partial charge in [-0.3, -0.25) is 4.79 Å². The molecule has 0 heterocycles. The largest absolute Gasteiger partial charge is 0.355 e. The molecule has 1 rings (SSSR count). The van der Waals surface area contributed by atoms with Crippen molar-refractivity contribution in [1.82, 2.24) is 10.6 Å². The quantitative estimate of drug-likeness (QED) is 0.818. The summed E-state index contributed by atoms with van der Waals surface area (Å²) in [6.07, 6.45) is 0.871. The first-order valence-electron chi connectivity index (χ1n) is 5.99. The lowest BCUT2D eigenvalue weighted by Gasteiger charge is -2.14. The molecule has 0 fully saturated rings. The smallest absolute Gasteiger partial charge is 0.233 e. The molecule has 5 heteroatoms. The number of carbonyl (C=O) groups is 1. The number of rotatable bonds is 6. The van der Waals surface area contributed by atoms with Crippen LogP contribution in [0.4, 0.5) is 8.78 Å². The van der Waals surface area contributed by atoms with Gasteiger partial charge in [0.25, 0.3) is 0 Å². The van der Waals surface area contributed by atoms with E-state index in [1.54, 1.807) is 6.92 Å². The van der Waals surface area contributed by atoms with Gasteiger partial charge in [-0.2, -0.15) is 0 Å². The summed E-state index contributed by atoms with van der Waals surface area (Å²) >= 11 is 0. The van der Waals surface area contributed by atoms with E-state index >= 15 is 0 Å². The average molecular weight is 256 g/mol. The van der Waals surface area contributed by atoms with Crippen LogP contribution in [0.2, 0.25) is 0 Å². The van der Waals surface area contributed by atoms with Crippen LogP contribution in [-0.2, 0) is 4.79 Å². The van der Waals surface area contributed by atoms with Crippen LogP contribution in [0.3, 0.4) is 0 Å². The topological polar surface area (TPSA) is 41.1 Å². The molecule has 100 valence electrons. The highest BCUT2D eigenvalue weighted by molar-refractivity contribution is 5.77. The first-order valence-corrected chi connectivity index (χ1v) is 5.99. The molecule has 1 amide bonds. The molecule has 1 aromatic carbocycles. The third-order valence-electron chi connectivity index (χ3n) is 2.53. The Labute approximate surface area is 106 Å². The molecule has 18 heavy (non-hydrogen) atoms. The number of hydrogen-bond donors (Lipinski definition) is 2. The van der Waals surface area contributed by atoms with E-state index in [0.717, 1.165) is 12.5 Å². The zero-order valence-electron chi connectivity index (χ0n) is 10.6. The van der Waals surface area contributed by atoms with Gasteiger partial charge in [0.2, 0.25) is 5.91 Å². The van der Waals surface area contributed by atoms with Crippen LogP contribution in [0.1, 0.15) is 31.9 Å². The summed E-state index contributed by atoms with van der Waals surface area (Å²) < 4.78 is 26.0. The molecule has 0 aliphatic rings. The summed E-state index contributed by atoms with van der Waals surface area (Å²) in [5, 5.41) is 5.63. The van der Waals surface area contributed by atoms with Gasteiger partial charge < -0.3 is 10.6 Å². The number of halogens is 2. The normalized spacial score (nSPS) is 12.2. The number of benzene rings is 1. The minimum atomic E-state index is -0.617. The highest BCUT2D eigenvalue weighted by atomic mass is 19.1. The highest BCUT2D eigenvalue weighted by Crippen LogP contribution is 2.15. The first-order chi connectivity index (χ1) is 8.52. The zero-order chi connectivity index (χ0) is 13.5. The molecule has 1 aromatic rings. The standard InChI is InChI=1S/C13H18F2N2O/c1-3-4-16-13(18)8-17-9(2)10-5-11(14)7-12(15)6-10/h5-7,9,17H,3-4,8H2,1-2H3,(H,16,18). The van der Waals surface area contributed by atoms with E-state index in [1.807, 2.05) is 6.92 Å². The van der Waals surface area contributed by atoms with Crippen molar-refractivity contribution in [2.75, 3.05) is 13.1 Å². The zero-order valence-corrected chi connectivity index (χ0v) is 10.6. The summed E-state index contributed by atoms with van der Waals surface area (Å²) in [5.41, 5.74) is 0.482. The van der Waals surface area contributed by atoms with Gasteiger partial charge in [0.05, 0.1) is 6.54 Å². The van der Waals surface area contributed by atoms with Crippen LogP contribution in [0.5, 0.6) is 0 Å². The third kappa shape index (κ3) is 4.79. The van der Waals surface area contributed by atoms with Crippen molar-refractivity contribution in [3.8, 4) is 0 Å². The van der Waals surface area contributed by atoms with Gasteiger partial charge in [0, 0.05) is 18.7 Å². The van der Waals surface area contributed by atoms with Gasteiger partial charge in [-0.15, -0.1) is 0 Å². The van der Waals surface area contributed by atoms with Crippen LogP contribution in [0.25, 0.3) is 0 Å². The average Bonchev–Trinajstić information content (AvgIpc) is 2.32. The first kappa shape index (κ1) is 14.6. The second kappa shape index (κ2) is 7.06. The molecular formula is C13H18F2N2O. The van der Waals surface area contributed by atoms with Crippen LogP contribution in [0.15, 0.2) is 18.2 Å². The van der Waals surface area contributed by atoms with Crippen molar-refractivity contribution in [2.24, 2.45) is 0 Å². The summed E-state index contributed by atoms with van der Waals surface area (Å²) in [6.45, 7) is 4.47. The van der Waals surface area contributed by atoms with E-state index in [1.165, 1.54) is 12.1 Å². The van der Waals surface area contributed by atoms with E-state index in [4.69, 9.17) is 0 Å². The van der Waals surface area contributed by atoms with E-state index in [2.05, 4.69) is 10.6 Å². The summed E-state index contributed by atoms with van der Waals surface area (Å²) in [5.74, 6) is -1.36. The molecule has 0 saturated carbocycles. The van der Waals surface area contributed by atoms with Crippen molar-refractivity contribution < 1.29 is 13.6 Å². The van der Waals surface area contributed by atoms with Crippen LogP contribution < -0.4 is 10.6 Å². The number of amides is 1. The maximum atomic E-state index is 13.0. The van der Waals surface area contributed by atoms with Gasteiger partial charge in [0.1, 0.15) is 11.6 Å². The Morgan fingerprint density at radius 2 is 1.89 bits per heavy atom. The van der Waals surface area contributed by atoms with E-state index < -0.39 is 11.6 Å². The summed E-state index contributed by atoms with van der Waals surface area (Å²) in [7, 11) is 0. The van der Waals surface area contributed by atoms with Crippen LogP contribution >= 0.6 is 0 Å². The predicted molar refractivity (Wildman–Crippen MR) is 66.1 cm³/mol. The second-order valence-corrected chi connectivity index (χ2v) is 4.16. The fourth-order valence-corrected chi connectivity index (χ4v) is 1.52. The number of carbonyl (C=O) groups excluding carboxylic acids is 1. The SMILES string of the molecule is CCCNC(=O)CNC(C)c1cc(F)cc(F)c1. The van der Waals surface area contributed by atoms with E-state index in [-0.39, 0.29) is 18.5 Å². The molecule has 0 saturated heterocycles. The minimum absolute atomic E-state index is 0.124. The van der Waals surface area contributed by atoms with Crippen LogP contribution in [0, 0.1) is 11.6 Å². The second-order valence-electron chi connectivity index (χ2n) is 4.16. The van der Waals surface area contributed by atoms with E-state index in [9.17, 15) is 13.6 Å². The van der Waals surface area contributed by atoms with Crippen molar-refractivity contribution in [3.63, 3.8) is 0 Å². The maximum Gasteiger partial charge on any atom is 0.233 e. The molecule has 2 N–H and O–H groups in total. The van der Waals surface area contributed by atoms with Gasteiger partial charge in [-0.05, 0) is 31.0 Å². The van der Waals surface area contributed by atoms with Crippen molar-refractivity contribution >= 4 is 5.91 Å². The number of hydrogen-bond acceptors (Lipinski definition) is 2. The summed E-state index contributed by atoms with van der Waals surface area (Å²) in [6, 6.07) is 3.04. The molecular weight excluding hydrogens is 238 g/mol. The third-order valence-corrected chi connectivity index (χ3v) is 2.53. The Kier molecular flexibility index (Phi) is 5.71. The monoisotopic (exact) mass is 256 g/mol. The summed E-state index contributed by atoms with van der Waals surface area (Å²) in [4.78, 5) is 11.3. The molecule has 1 atom stereocenters.